The molecule has 0 aromatic heterocycles. The van der Waals surface area contributed by atoms with E-state index in [0.29, 0.717) is 12.0 Å². The van der Waals surface area contributed by atoms with Gasteiger partial charge < -0.3 is 15.0 Å². The van der Waals surface area contributed by atoms with Crippen molar-refractivity contribution in [1.29, 1.82) is 0 Å². The number of hydrogen-bond donors (Lipinski definition) is 1. The van der Waals surface area contributed by atoms with Crippen molar-refractivity contribution in [3.05, 3.63) is 29.3 Å². The van der Waals surface area contributed by atoms with Gasteiger partial charge in [-0.2, -0.15) is 0 Å². The van der Waals surface area contributed by atoms with Crippen molar-refractivity contribution in [1.82, 2.24) is 10.2 Å². The minimum atomic E-state index is -0.442. The van der Waals surface area contributed by atoms with E-state index in [9.17, 15) is 4.79 Å². The van der Waals surface area contributed by atoms with Gasteiger partial charge in [0.05, 0.1) is 0 Å². The van der Waals surface area contributed by atoms with Gasteiger partial charge in [-0.05, 0) is 56.8 Å². The Hall–Kier alpha value is -1.26. The molecule has 1 atom stereocenters. The number of carbonyl (C=O) groups is 1. The fourth-order valence-corrected chi connectivity index (χ4v) is 2.99. The van der Waals surface area contributed by atoms with Gasteiger partial charge in [-0.3, -0.25) is 4.79 Å². The molecule has 2 rings (SSSR count). The van der Waals surface area contributed by atoms with E-state index in [2.05, 4.69) is 37.4 Å². The summed E-state index contributed by atoms with van der Waals surface area (Å²) in [5.41, 5.74) is 2.31. The Kier molecular flexibility index (Phi) is 8.04. The van der Waals surface area contributed by atoms with Crippen molar-refractivity contribution in [2.24, 2.45) is 0 Å². The van der Waals surface area contributed by atoms with E-state index >= 15 is 0 Å². The molecule has 5 heteroatoms. The normalized spacial score (nSPS) is 16.7. The van der Waals surface area contributed by atoms with E-state index in [4.69, 9.17) is 4.74 Å². The number of nitrogens with zero attached hydrogens (tertiary/aromatic N) is 1. The zero-order valence-electron chi connectivity index (χ0n) is 15.5. The summed E-state index contributed by atoms with van der Waals surface area (Å²) in [6, 6.07) is 6.79. The molecular formula is C19H31ClN2O2. The quantitative estimate of drug-likeness (QED) is 0.879. The predicted molar refractivity (Wildman–Crippen MR) is 101 cm³/mol. The minimum absolute atomic E-state index is 0. The molecule has 0 radical (unpaired) electrons. The minimum Gasteiger partial charge on any atom is -0.481 e. The van der Waals surface area contributed by atoms with Gasteiger partial charge >= 0.3 is 0 Å². The molecule has 24 heavy (non-hydrogen) atoms. The maximum Gasteiger partial charge on any atom is 0.263 e. The molecule has 0 spiro atoms. The summed E-state index contributed by atoms with van der Waals surface area (Å²) in [6.07, 6.45) is 1.58. The van der Waals surface area contributed by atoms with Crippen LogP contribution in [-0.4, -0.2) is 43.1 Å². The lowest BCUT2D eigenvalue weighted by Crippen LogP contribution is -2.48. The van der Waals surface area contributed by atoms with Crippen LogP contribution in [0.2, 0.25) is 0 Å². The highest BCUT2D eigenvalue weighted by atomic mass is 35.5. The number of aryl methyl sites for hydroxylation is 1. The average molecular weight is 355 g/mol. The molecule has 0 saturated carbocycles. The number of nitrogens with one attached hydrogen (secondary N) is 1. The second-order valence-corrected chi connectivity index (χ2v) is 6.83. The number of likely N-dealkylation sites (tertiary alicyclic amines) is 1. The Labute approximate surface area is 152 Å². The Morgan fingerprint density at radius 1 is 1.25 bits per heavy atom. The molecule has 1 aromatic rings. The summed E-state index contributed by atoms with van der Waals surface area (Å²) < 4.78 is 6.00. The summed E-state index contributed by atoms with van der Waals surface area (Å²) in [5, 5.41) is 3.29. The number of piperidine rings is 1. The van der Waals surface area contributed by atoms with Crippen LogP contribution in [0.15, 0.2) is 18.2 Å². The second kappa shape index (κ2) is 9.28. The largest absolute Gasteiger partial charge is 0.481 e. The standard InChI is InChI=1S/C19H30N2O2.ClH/c1-13(2)16-7-6-14(3)18(12-16)23-15(4)19(22)21-10-8-17(20-5)9-11-21;/h6-7,12-13,15,17,20H,8-11H2,1-5H3;1H. The molecule has 0 bridgehead atoms. The molecular weight excluding hydrogens is 324 g/mol. The molecule has 1 aromatic carbocycles. The summed E-state index contributed by atoms with van der Waals surface area (Å²) in [5.74, 6) is 1.36. The summed E-state index contributed by atoms with van der Waals surface area (Å²) >= 11 is 0. The molecule has 1 aliphatic heterocycles. The van der Waals surface area contributed by atoms with E-state index in [1.165, 1.54) is 5.56 Å². The lowest BCUT2D eigenvalue weighted by molar-refractivity contribution is -0.139. The molecule has 1 amide bonds. The number of amides is 1. The van der Waals surface area contributed by atoms with E-state index in [1.807, 2.05) is 25.8 Å². The van der Waals surface area contributed by atoms with Crippen LogP contribution in [0.5, 0.6) is 5.75 Å². The number of halogens is 1. The second-order valence-electron chi connectivity index (χ2n) is 6.83. The Balaban J connectivity index is 0.00000288. The summed E-state index contributed by atoms with van der Waals surface area (Å²) in [4.78, 5) is 14.5. The van der Waals surface area contributed by atoms with Crippen LogP contribution >= 0.6 is 12.4 Å². The van der Waals surface area contributed by atoms with E-state index in [-0.39, 0.29) is 18.3 Å². The number of rotatable bonds is 5. The lowest BCUT2D eigenvalue weighted by atomic mass is 10.0. The van der Waals surface area contributed by atoms with Crippen LogP contribution in [0.1, 0.15) is 50.7 Å². The van der Waals surface area contributed by atoms with Gasteiger partial charge in [0.15, 0.2) is 6.10 Å². The highest BCUT2D eigenvalue weighted by Crippen LogP contribution is 2.25. The highest BCUT2D eigenvalue weighted by molar-refractivity contribution is 5.85. The topological polar surface area (TPSA) is 41.6 Å². The predicted octanol–water partition coefficient (Wildman–Crippen LogP) is 3.52. The van der Waals surface area contributed by atoms with Crippen LogP contribution < -0.4 is 10.1 Å². The van der Waals surface area contributed by atoms with Crippen molar-refractivity contribution in [2.75, 3.05) is 20.1 Å². The van der Waals surface area contributed by atoms with E-state index < -0.39 is 6.10 Å². The van der Waals surface area contributed by atoms with Crippen molar-refractivity contribution in [2.45, 2.75) is 58.6 Å². The fraction of sp³-hybridized carbons (Fsp3) is 0.632. The Morgan fingerprint density at radius 3 is 2.42 bits per heavy atom. The number of carbonyl (C=O) groups excluding carboxylic acids is 1. The molecule has 136 valence electrons. The summed E-state index contributed by atoms with van der Waals surface area (Å²) in [6.45, 7) is 9.82. The molecule has 1 saturated heterocycles. The van der Waals surface area contributed by atoms with Gasteiger partial charge in [-0.1, -0.05) is 26.0 Å². The zero-order chi connectivity index (χ0) is 17.0. The van der Waals surface area contributed by atoms with E-state index in [0.717, 1.165) is 37.2 Å². The molecule has 1 fully saturated rings. The number of ether oxygens (including phenoxy) is 1. The molecule has 4 nitrogen and oxygen atoms in total. The van der Waals surface area contributed by atoms with Gasteiger partial charge in [0, 0.05) is 19.1 Å². The molecule has 1 heterocycles. The summed E-state index contributed by atoms with van der Waals surface area (Å²) in [7, 11) is 1.98. The van der Waals surface area contributed by atoms with Crippen LogP contribution in [0.4, 0.5) is 0 Å². The molecule has 1 N–H and O–H groups in total. The van der Waals surface area contributed by atoms with Gasteiger partial charge in [0.25, 0.3) is 5.91 Å². The SMILES string of the molecule is CNC1CCN(C(=O)C(C)Oc2cc(C(C)C)ccc2C)CC1.Cl. The first-order valence-electron chi connectivity index (χ1n) is 8.65. The van der Waals surface area contributed by atoms with Crippen molar-refractivity contribution in [3.63, 3.8) is 0 Å². The number of hydrogen-bond acceptors (Lipinski definition) is 3. The van der Waals surface area contributed by atoms with Crippen LogP contribution in [0.3, 0.4) is 0 Å². The maximum absolute atomic E-state index is 12.6. The Bertz CT molecular complexity index is 540. The number of benzene rings is 1. The first kappa shape index (κ1) is 20.8. The average Bonchev–Trinajstić information content (AvgIpc) is 2.56. The third-order valence-corrected chi connectivity index (χ3v) is 4.75. The van der Waals surface area contributed by atoms with Crippen molar-refractivity contribution in [3.8, 4) is 5.75 Å². The van der Waals surface area contributed by atoms with Crippen LogP contribution in [0, 0.1) is 6.92 Å². The monoisotopic (exact) mass is 354 g/mol. The van der Waals surface area contributed by atoms with Gasteiger partial charge in [-0.25, -0.2) is 0 Å². The van der Waals surface area contributed by atoms with Crippen molar-refractivity contribution >= 4 is 18.3 Å². The maximum atomic E-state index is 12.6. The molecule has 0 aliphatic carbocycles. The fourth-order valence-electron chi connectivity index (χ4n) is 2.99. The van der Waals surface area contributed by atoms with Gasteiger partial charge in [0.2, 0.25) is 0 Å². The van der Waals surface area contributed by atoms with Gasteiger partial charge in [0.1, 0.15) is 5.75 Å². The third-order valence-electron chi connectivity index (χ3n) is 4.75. The molecule has 1 unspecified atom stereocenters. The molecule has 1 aliphatic rings. The zero-order valence-corrected chi connectivity index (χ0v) is 16.3. The first-order valence-corrected chi connectivity index (χ1v) is 8.65. The van der Waals surface area contributed by atoms with Crippen LogP contribution in [0.25, 0.3) is 0 Å². The van der Waals surface area contributed by atoms with E-state index in [1.54, 1.807) is 0 Å². The Morgan fingerprint density at radius 2 is 1.88 bits per heavy atom. The first-order chi connectivity index (χ1) is 10.9. The smallest absolute Gasteiger partial charge is 0.263 e. The van der Waals surface area contributed by atoms with Gasteiger partial charge in [-0.15, -0.1) is 12.4 Å². The van der Waals surface area contributed by atoms with Crippen molar-refractivity contribution < 1.29 is 9.53 Å². The highest BCUT2D eigenvalue weighted by Gasteiger charge is 2.26. The third kappa shape index (κ3) is 5.12. The van der Waals surface area contributed by atoms with Crippen LogP contribution in [-0.2, 0) is 4.79 Å². The lowest BCUT2D eigenvalue weighted by Gasteiger charge is -2.33.